The average Bonchev–Trinajstić information content (AvgIpc) is 3.42. The number of rotatable bonds is 5. The van der Waals surface area contributed by atoms with Crippen LogP contribution in [0.5, 0.6) is 0 Å². The second kappa shape index (κ2) is 9.04. The summed E-state index contributed by atoms with van der Waals surface area (Å²) in [7, 11) is 0. The summed E-state index contributed by atoms with van der Waals surface area (Å²) in [6.07, 6.45) is 3.36. The van der Waals surface area contributed by atoms with Gasteiger partial charge in [-0.05, 0) is 66.7 Å². The molecule has 6 nitrogen and oxygen atoms in total. The molecule has 4 aromatic rings. The lowest BCUT2D eigenvalue weighted by Gasteiger charge is -2.07. The number of anilines is 1. The zero-order valence-corrected chi connectivity index (χ0v) is 18.2. The van der Waals surface area contributed by atoms with Crippen molar-refractivity contribution in [3.05, 3.63) is 88.4 Å². The lowest BCUT2D eigenvalue weighted by molar-refractivity contribution is -0.112. The van der Waals surface area contributed by atoms with Crippen molar-refractivity contribution in [3.8, 4) is 22.3 Å². The smallest absolute Gasteiger partial charge is 0.268 e. The van der Waals surface area contributed by atoms with E-state index in [-0.39, 0.29) is 16.5 Å². The van der Waals surface area contributed by atoms with Crippen LogP contribution in [0.4, 0.5) is 9.52 Å². The van der Waals surface area contributed by atoms with Crippen LogP contribution >= 0.6 is 27.3 Å². The van der Waals surface area contributed by atoms with Crippen LogP contribution in [-0.2, 0) is 4.79 Å². The Labute approximate surface area is 189 Å². The molecule has 0 radical (unpaired) electrons. The predicted octanol–water partition coefficient (Wildman–Crippen LogP) is 5.44. The number of hydrogen-bond donors (Lipinski definition) is 1. The standard InChI is InChI=1S/C22H13BrFN5OS/c23-16-5-9-18(10-6-16)29-11-1-2-19(29)12-15(13-25)20(30)26-22-28-27-21(31-22)14-3-7-17(24)8-4-14/h1-12H,(H,26,28,30)/b15-12-. The van der Waals surface area contributed by atoms with Crippen LogP contribution in [0.15, 0.2) is 76.9 Å². The van der Waals surface area contributed by atoms with Crippen LogP contribution in [0.25, 0.3) is 22.3 Å². The Balaban J connectivity index is 1.54. The van der Waals surface area contributed by atoms with E-state index in [0.29, 0.717) is 16.3 Å². The lowest BCUT2D eigenvalue weighted by atomic mass is 10.2. The number of carbonyl (C=O) groups is 1. The van der Waals surface area contributed by atoms with Crippen LogP contribution in [0.2, 0.25) is 0 Å². The number of nitriles is 1. The van der Waals surface area contributed by atoms with Crippen molar-refractivity contribution in [2.45, 2.75) is 0 Å². The molecule has 0 fully saturated rings. The number of nitrogens with zero attached hydrogens (tertiary/aromatic N) is 4. The van der Waals surface area contributed by atoms with Crippen molar-refractivity contribution in [2.75, 3.05) is 5.32 Å². The summed E-state index contributed by atoms with van der Waals surface area (Å²) in [6, 6.07) is 19.1. The van der Waals surface area contributed by atoms with E-state index in [2.05, 4.69) is 31.4 Å². The van der Waals surface area contributed by atoms with Gasteiger partial charge in [0.05, 0.1) is 0 Å². The molecular weight excluding hydrogens is 481 g/mol. The SMILES string of the molecule is N#C/C(=C/c1cccn1-c1ccc(Br)cc1)C(=O)Nc1nnc(-c2ccc(F)cc2)s1. The van der Waals surface area contributed by atoms with Gasteiger partial charge in [0.15, 0.2) is 0 Å². The van der Waals surface area contributed by atoms with Gasteiger partial charge in [0, 0.05) is 27.6 Å². The highest BCUT2D eigenvalue weighted by Gasteiger charge is 2.15. The first-order valence-electron chi connectivity index (χ1n) is 8.99. The maximum atomic E-state index is 13.1. The van der Waals surface area contributed by atoms with Gasteiger partial charge in [0.25, 0.3) is 5.91 Å². The van der Waals surface area contributed by atoms with E-state index in [0.717, 1.165) is 21.5 Å². The van der Waals surface area contributed by atoms with Gasteiger partial charge in [-0.1, -0.05) is 27.3 Å². The van der Waals surface area contributed by atoms with Crippen LogP contribution in [0.1, 0.15) is 5.69 Å². The lowest BCUT2D eigenvalue weighted by Crippen LogP contribution is -2.13. The van der Waals surface area contributed by atoms with Gasteiger partial charge in [-0.2, -0.15) is 5.26 Å². The molecule has 0 bridgehead atoms. The minimum atomic E-state index is -0.590. The molecule has 1 amide bonds. The Bertz CT molecular complexity index is 1300. The first kappa shape index (κ1) is 20.7. The normalized spacial score (nSPS) is 11.2. The van der Waals surface area contributed by atoms with Crippen molar-refractivity contribution in [2.24, 2.45) is 0 Å². The number of halogens is 2. The first-order valence-corrected chi connectivity index (χ1v) is 10.6. The Morgan fingerprint density at radius 1 is 1.13 bits per heavy atom. The third kappa shape index (κ3) is 4.77. The van der Waals surface area contributed by atoms with Crippen LogP contribution in [-0.4, -0.2) is 20.7 Å². The van der Waals surface area contributed by atoms with E-state index < -0.39 is 5.91 Å². The summed E-state index contributed by atoms with van der Waals surface area (Å²) >= 11 is 4.54. The Morgan fingerprint density at radius 3 is 2.58 bits per heavy atom. The first-order chi connectivity index (χ1) is 15.0. The molecule has 2 aromatic heterocycles. The van der Waals surface area contributed by atoms with Crippen molar-refractivity contribution in [1.82, 2.24) is 14.8 Å². The molecule has 4 rings (SSSR count). The molecule has 0 saturated heterocycles. The third-order valence-electron chi connectivity index (χ3n) is 4.28. The number of nitrogens with one attached hydrogen (secondary N) is 1. The largest absolute Gasteiger partial charge is 0.317 e. The fourth-order valence-electron chi connectivity index (χ4n) is 2.79. The second-order valence-corrected chi connectivity index (χ2v) is 8.22. The molecule has 0 atom stereocenters. The number of benzene rings is 2. The fraction of sp³-hybridized carbons (Fsp3) is 0. The molecule has 9 heteroatoms. The zero-order valence-electron chi connectivity index (χ0n) is 15.8. The molecule has 1 N–H and O–H groups in total. The van der Waals surface area contributed by atoms with Crippen molar-refractivity contribution >= 4 is 44.4 Å². The summed E-state index contributed by atoms with van der Waals surface area (Å²) < 4.78 is 15.9. The molecular formula is C22H13BrFN5OS. The van der Waals surface area contributed by atoms with Crippen molar-refractivity contribution in [1.29, 1.82) is 5.26 Å². The topological polar surface area (TPSA) is 83.6 Å². The number of carbonyl (C=O) groups excluding carboxylic acids is 1. The average molecular weight is 494 g/mol. The molecule has 152 valence electrons. The zero-order chi connectivity index (χ0) is 21.8. The Morgan fingerprint density at radius 2 is 1.87 bits per heavy atom. The predicted molar refractivity (Wildman–Crippen MR) is 121 cm³/mol. The summed E-state index contributed by atoms with van der Waals surface area (Å²) in [6.45, 7) is 0. The monoisotopic (exact) mass is 493 g/mol. The van der Waals surface area contributed by atoms with E-state index >= 15 is 0 Å². The van der Waals surface area contributed by atoms with Gasteiger partial charge in [0.2, 0.25) is 5.13 Å². The number of hydrogen-bond acceptors (Lipinski definition) is 5. The highest BCUT2D eigenvalue weighted by Crippen LogP contribution is 2.27. The van der Waals surface area contributed by atoms with Gasteiger partial charge in [-0.3, -0.25) is 10.1 Å². The minimum absolute atomic E-state index is 0.0735. The summed E-state index contributed by atoms with van der Waals surface area (Å²) in [5.41, 5.74) is 2.18. The van der Waals surface area contributed by atoms with Gasteiger partial charge in [-0.15, -0.1) is 10.2 Å². The second-order valence-electron chi connectivity index (χ2n) is 6.32. The highest BCUT2D eigenvalue weighted by molar-refractivity contribution is 9.10. The molecule has 0 aliphatic heterocycles. The molecule has 31 heavy (non-hydrogen) atoms. The van der Waals surface area contributed by atoms with Crippen molar-refractivity contribution < 1.29 is 9.18 Å². The Kier molecular flexibility index (Phi) is 6.02. The van der Waals surface area contributed by atoms with E-state index in [1.54, 1.807) is 12.1 Å². The fourth-order valence-corrected chi connectivity index (χ4v) is 3.80. The van der Waals surface area contributed by atoms with Crippen LogP contribution < -0.4 is 5.32 Å². The van der Waals surface area contributed by atoms with E-state index in [9.17, 15) is 14.4 Å². The summed E-state index contributed by atoms with van der Waals surface area (Å²) in [5, 5.41) is 20.8. The quantitative estimate of drug-likeness (QED) is 0.296. The summed E-state index contributed by atoms with van der Waals surface area (Å²) in [5.74, 6) is -0.939. The van der Waals surface area contributed by atoms with Gasteiger partial charge in [0.1, 0.15) is 22.5 Å². The maximum absolute atomic E-state index is 13.1. The van der Waals surface area contributed by atoms with E-state index in [4.69, 9.17) is 0 Å². The molecule has 0 saturated carbocycles. The number of amides is 1. The third-order valence-corrected chi connectivity index (χ3v) is 5.70. The Hall–Kier alpha value is -3.61. The highest BCUT2D eigenvalue weighted by atomic mass is 79.9. The van der Waals surface area contributed by atoms with Gasteiger partial charge < -0.3 is 4.57 Å². The van der Waals surface area contributed by atoms with Gasteiger partial charge in [-0.25, -0.2) is 4.39 Å². The minimum Gasteiger partial charge on any atom is -0.317 e. The van der Waals surface area contributed by atoms with Crippen LogP contribution in [0, 0.1) is 17.1 Å². The van der Waals surface area contributed by atoms with E-state index in [1.165, 1.54) is 18.2 Å². The molecule has 2 aromatic carbocycles. The maximum Gasteiger partial charge on any atom is 0.268 e. The molecule has 0 spiro atoms. The molecule has 0 aliphatic carbocycles. The van der Waals surface area contributed by atoms with Gasteiger partial charge >= 0.3 is 0 Å². The molecule has 0 aliphatic rings. The molecule has 0 unspecified atom stereocenters. The van der Waals surface area contributed by atoms with E-state index in [1.807, 2.05) is 53.2 Å². The van der Waals surface area contributed by atoms with Crippen LogP contribution in [0.3, 0.4) is 0 Å². The van der Waals surface area contributed by atoms with Crippen molar-refractivity contribution in [3.63, 3.8) is 0 Å². The summed E-state index contributed by atoms with van der Waals surface area (Å²) in [4.78, 5) is 12.6. The number of aromatic nitrogens is 3. The molecule has 2 heterocycles.